The van der Waals surface area contributed by atoms with Crippen molar-refractivity contribution in [3.05, 3.63) is 275 Å². The van der Waals surface area contributed by atoms with Crippen molar-refractivity contribution in [3.8, 4) is 47.4 Å². The van der Waals surface area contributed by atoms with E-state index in [9.17, 15) is 0 Å². The second-order valence-electron chi connectivity index (χ2n) is 15.9. The summed E-state index contributed by atoms with van der Waals surface area (Å²) in [5.74, 6) is 32.0. The molecule has 0 bridgehead atoms. The maximum Gasteiger partial charge on any atom is 0 e. The summed E-state index contributed by atoms with van der Waals surface area (Å²) in [6.45, 7) is 22.0. The molecule has 4 nitrogen and oxygen atoms in total. The molecule has 2 aliphatic rings. The van der Waals surface area contributed by atoms with E-state index in [0.29, 0.717) is 0 Å². The summed E-state index contributed by atoms with van der Waals surface area (Å²) in [7, 11) is -0.892. The Hall–Kier alpha value is -5.50. The van der Waals surface area contributed by atoms with E-state index in [4.69, 9.17) is 33.8 Å². The minimum absolute atomic E-state index is 0. The first-order valence-electron chi connectivity index (χ1n) is 22.9. The number of hydrogen-bond donors (Lipinski definition) is 0. The molecule has 0 amide bonds. The van der Waals surface area contributed by atoms with Gasteiger partial charge in [0.25, 0.3) is 0 Å². The van der Waals surface area contributed by atoms with Crippen LogP contribution in [0.1, 0.15) is 69.2 Å². The number of hydrogen-bond acceptors (Lipinski definition) is 2. The van der Waals surface area contributed by atoms with E-state index in [2.05, 4.69) is 287 Å². The largest absolute Gasteiger partial charge is 0.577 e. The van der Waals surface area contributed by atoms with Crippen LogP contribution in [0.3, 0.4) is 0 Å². The average molecular weight is 1350 g/mol. The second-order valence-corrected chi connectivity index (χ2v) is 20.4. The predicted molar refractivity (Wildman–Crippen MR) is 311 cm³/mol. The fourth-order valence-corrected chi connectivity index (χ4v) is 12.0. The fraction of sp³-hybridized carbons (Fsp3) is 0.152. The van der Waals surface area contributed by atoms with E-state index in [1.165, 1.54) is 91.0 Å². The van der Waals surface area contributed by atoms with Crippen molar-refractivity contribution in [3.63, 3.8) is 0 Å². The minimum Gasteiger partial charge on any atom is -0.577 e. The zero-order valence-corrected chi connectivity index (χ0v) is 50.9. The van der Waals surface area contributed by atoms with Gasteiger partial charge in [0.05, 0.1) is 0 Å². The molecule has 12 radical (unpaired) electrons. The van der Waals surface area contributed by atoms with Crippen molar-refractivity contribution in [2.24, 2.45) is 0 Å². The van der Waals surface area contributed by atoms with Gasteiger partial charge in [-0.25, -0.2) is 11.8 Å². The van der Waals surface area contributed by atoms with Gasteiger partial charge in [0.15, 0.2) is 0 Å². The Morgan fingerprint density at radius 2 is 0.378 bits per heavy atom. The van der Waals surface area contributed by atoms with Crippen LogP contribution in [0.5, 0.6) is 0 Å². The minimum atomic E-state index is -0.446. The summed E-state index contributed by atoms with van der Waals surface area (Å²) in [5, 5.41) is 8.39. The van der Waals surface area contributed by atoms with Crippen LogP contribution in [0.4, 0.5) is 0 Å². The van der Waals surface area contributed by atoms with Crippen LogP contribution in [0.25, 0.3) is 11.2 Å². The summed E-state index contributed by atoms with van der Waals surface area (Å²) in [6.07, 6.45) is 12.7. The van der Waals surface area contributed by atoms with Crippen LogP contribution in [0, 0.1) is 129 Å². The van der Waals surface area contributed by atoms with Gasteiger partial charge in [0.1, 0.15) is 0 Å². The molecule has 0 atom stereocenters. The SMILES string of the molecule is C[C]1[C](C)[C](C)[C](C)[C]1C.C[C]1[C](C)[C](C)[C](C)[C]1C.[C-]#CC#CC#CC#CC#[C-].[N-]=O.[N-]=O.[Re].[Re].c1ccc(P(c2ccccc2)c2ccccc2)cc1.c1ccc(P(c2ccccc2)c2ccccc2)cc1. The first kappa shape index (κ1) is 68.5. The van der Waals surface area contributed by atoms with E-state index in [-0.39, 0.29) is 40.8 Å². The van der Waals surface area contributed by atoms with Crippen molar-refractivity contribution in [1.29, 1.82) is 0 Å². The van der Waals surface area contributed by atoms with Crippen LogP contribution >= 0.6 is 15.8 Å². The Balaban J connectivity index is 0.000000909. The molecular weight excluding hydrogens is 1290 g/mol. The zero-order chi connectivity index (χ0) is 53.3. The number of nitroso groups, excluding NO2 is 2. The topological polar surface area (TPSA) is 78.7 Å². The quantitative estimate of drug-likeness (QED) is 0.0946. The first-order valence-corrected chi connectivity index (χ1v) is 25.6. The maximum absolute atomic E-state index is 7.25. The summed E-state index contributed by atoms with van der Waals surface area (Å²) in [4.78, 5) is 14.5. The molecule has 2 fully saturated rings. The van der Waals surface area contributed by atoms with Crippen molar-refractivity contribution in [1.82, 2.24) is 0 Å². The van der Waals surface area contributed by atoms with Gasteiger partial charge in [-0.15, -0.1) is 11.8 Å². The zero-order valence-electron chi connectivity index (χ0n) is 43.7. The normalized spacial score (nSPS) is 13.7. The third-order valence-electron chi connectivity index (χ3n) is 12.1. The van der Waals surface area contributed by atoms with Gasteiger partial charge in [-0.1, -0.05) is 251 Å². The Labute approximate surface area is 476 Å². The summed E-state index contributed by atoms with van der Waals surface area (Å²) in [5.41, 5.74) is 11.5. The van der Waals surface area contributed by atoms with Crippen LogP contribution in [-0.4, -0.2) is 0 Å². The van der Waals surface area contributed by atoms with Crippen LogP contribution in [-0.2, 0) is 40.8 Å². The van der Waals surface area contributed by atoms with Gasteiger partial charge in [-0.2, -0.15) is 0 Å². The van der Waals surface area contributed by atoms with Crippen molar-refractivity contribution in [2.45, 2.75) is 69.2 Å². The fourth-order valence-electron chi connectivity index (χ4n) is 7.36. The van der Waals surface area contributed by atoms with E-state index >= 15 is 0 Å². The summed E-state index contributed by atoms with van der Waals surface area (Å²) < 4.78 is 0. The smallest absolute Gasteiger partial charge is 0 e. The van der Waals surface area contributed by atoms with Gasteiger partial charge in [0, 0.05) is 40.8 Å². The number of nitrogens with zero attached hydrogens (tertiary/aromatic N) is 2. The maximum atomic E-state index is 7.25. The Morgan fingerprint density at radius 1 is 0.257 bits per heavy atom. The average Bonchev–Trinajstić information content (AvgIpc) is 3.72. The summed E-state index contributed by atoms with van der Waals surface area (Å²) >= 11 is 0. The Bertz CT molecular complexity index is 2220. The van der Waals surface area contributed by atoms with E-state index in [0.717, 1.165) is 0 Å². The monoisotopic (exact) mass is 1350 g/mol. The van der Waals surface area contributed by atoms with Crippen LogP contribution < -0.4 is 31.8 Å². The number of rotatable bonds is 6. The van der Waals surface area contributed by atoms with Gasteiger partial charge < -0.3 is 33.8 Å². The van der Waals surface area contributed by atoms with Crippen molar-refractivity contribution in [2.75, 3.05) is 0 Å². The molecule has 2 aliphatic carbocycles. The van der Waals surface area contributed by atoms with Gasteiger partial charge in [-0.3, -0.25) is 11.8 Å². The molecule has 0 aliphatic heterocycles. The van der Waals surface area contributed by atoms with Crippen LogP contribution in [0.15, 0.2) is 182 Å². The molecule has 2 saturated carbocycles. The molecule has 0 spiro atoms. The molecule has 6 aromatic carbocycles. The Morgan fingerprint density at radius 3 is 0.500 bits per heavy atom. The third kappa shape index (κ3) is 22.1. The molecule has 8 heteroatoms. The van der Waals surface area contributed by atoms with Crippen LogP contribution in [0.2, 0.25) is 0 Å². The molecule has 0 aromatic heterocycles. The molecule has 8 rings (SSSR count). The molecule has 0 heterocycles. The molecule has 0 unspecified atom stereocenters. The van der Waals surface area contributed by atoms with Gasteiger partial charge in [0.2, 0.25) is 0 Å². The van der Waals surface area contributed by atoms with E-state index in [1.54, 1.807) is 0 Å². The van der Waals surface area contributed by atoms with Crippen molar-refractivity contribution < 1.29 is 40.8 Å². The van der Waals surface area contributed by atoms with Gasteiger partial charge >= 0.3 is 0 Å². The molecule has 0 saturated heterocycles. The second kappa shape index (κ2) is 39.9. The van der Waals surface area contributed by atoms with Gasteiger partial charge in [-0.05, 0) is 119 Å². The number of benzene rings is 6. The molecule has 0 N–H and O–H groups in total. The summed E-state index contributed by atoms with van der Waals surface area (Å²) in [6, 6.07) is 64.7. The predicted octanol–water partition coefficient (Wildman–Crippen LogP) is 13.6. The third-order valence-corrected chi connectivity index (χ3v) is 17.0. The van der Waals surface area contributed by atoms with Crippen molar-refractivity contribution >= 4 is 47.7 Å². The molecule has 6 aromatic rings. The molecule has 74 heavy (non-hydrogen) atoms. The van der Waals surface area contributed by atoms with E-state index in [1.807, 2.05) is 11.8 Å². The molecular formula is C66H60N2O2P2Re2-4. The first-order chi connectivity index (χ1) is 34.9. The van der Waals surface area contributed by atoms with E-state index < -0.39 is 15.8 Å². The Kier molecular flexibility index (Phi) is 36.9. The standard InChI is InChI=1S/2C18H15P.2C10H15.C10.2NO.2Re/c2*1-4-10-16(11-5-1)19(17-12-6-2-7-13-17)18-14-8-3-9-15-18;2*1-6-7(2)9(4)10(5)8(6)3;1-3-5-7-9-10-8-6-4-2;2*1-2;;/h2*1-15H;2*1-5H3;;;;;/q;;;;-2;2*-1;;. The molecule has 374 valence electrons.